The Morgan fingerprint density at radius 3 is 2.67 bits per heavy atom. The number of alkyl halides is 3. The molecule has 0 unspecified atom stereocenters. The molecule has 0 aliphatic rings. The van der Waals surface area contributed by atoms with Gasteiger partial charge in [0.25, 0.3) is 0 Å². The average Bonchev–Trinajstić information content (AvgIpc) is 3.12. The van der Waals surface area contributed by atoms with Crippen LogP contribution in [0, 0.1) is 0 Å². The minimum Gasteiger partial charge on any atom is -0.367 e. The normalized spacial score (nSPS) is 12.2. The number of rotatable bonds is 9. The Balaban J connectivity index is 1.85. The molecule has 1 aromatic carbocycles. The van der Waals surface area contributed by atoms with E-state index in [4.69, 9.17) is 4.74 Å². The van der Waals surface area contributed by atoms with Crippen LogP contribution in [-0.4, -0.2) is 31.8 Å². The van der Waals surface area contributed by atoms with E-state index in [-0.39, 0.29) is 6.61 Å². The summed E-state index contributed by atoms with van der Waals surface area (Å²) in [6.07, 6.45) is -3.38. The van der Waals surface area contributed by atoms with Crippen molar-refractivity contribution >= 4 is 17.3 Å². The van der Waals surface area contributed by atoms with Crippen LogP contribution in [0.15, 0.2) is 46.8 Å². The summed E-state index contributed by atoms with van der Waals surface area (Å²) in [5, 5.41) is 8.54. The van der Waals surface area contributed by atoms with E-state index in [1.165, 1.54) is 4.88 Å². The zero-order valence-electron chi connectivity index (χ0n) is 15.2. The van der Waals surface area contributed by atoms with Gasteiger partial charge in [-0.2, -0.15) is 13.2 Å². The highest BCUT2D eigenvalue weighted by atomic mass is 32.1. The van der Waals surface area contributed by atoms with Gasteiger partial charge >= 0.3 is 6.18 Å². The molecule has 0 radical (unpaired) electrons. The summed E-state index contributed by atoms with van der Waals surface area (Å²) in [6.45, 7) is 2.63. The van der Waals surface area contributed by atoms with Gasteiger partial charge in [-0.05, 0) is 35.9 Å². The predicted molar refractivity (Wildman–Crippen MR) is 103 cm³/mol. The van der Waals surface area contributed by atoms with Crippen LogP contribution in [-0.2, 0) is 24.3 Å². The van der Waals surface area contributed by atoms with E-state index in [0.29, 0.717) is 18.1 Å². The number of halogens is 3. The van der Waals surface area contributed by atoms with Crippen LogP contribution < -0.4 is 10.6 Å². The SMILES string of the molecule is CCNC(=NCc1cccc(COCC(F)(F)F)c1)NCCc1cccs1. The molecule has 0 saturated heterocycles. The molecule has 8 heteroatoms. The third-order valence-electron chi connectivity index (χ3n) is 3.53. The maximum Gasteiger partial charge on any atom is 0.411 e. The number of benzene rings is 1. The van der Waals surface area contributed by atoms with Crippen molar-refractivity contribution in [2.45, 2.75) is 32.7 Å². The van der Waals surface area contributed by atoms with E-state index < -0.39 is 12.8 Å². The molecule has 0 amide bonds. The lowest BCUT2D eigenvalue weighted by Crippen LogP contribution is -2.38. The second kappa shape index (κ2) is 10.9. The Kier molecular flexibility index (Phi) is 8.60. The van der Waals surface area contributed by atoms with Gasteiger partial charge in [0.2, 0.25) is 0 Å². The first-order valence-corrected chi connectivity index (χ1v) is 9.61. The highest BCUT2D eigenvalue weighted by Crippen LogP contribution is 2.16. The molecule has 0 atom stereocenters. The van der Waals surface area contributed by atoms with Gasteiger partial charge < -0.3 is 15.4 Å². The molecular weight excluding hydrogens is 375 g/mol. The van der Waals surface area contributed by atoms with Crippen LogP contribution in [0.1, 0.15) is 22.9 Å². The van der Waals surface area contributed by atoms with Crippen molar-refractivity contribution < 1.29 is 17.9 Å². The Bertz CT molecular complexity index is 702. The van der Waals surface area contributed by atoms with Gasteiger partial charge in [0.05, 0.1) is 13.2 Å². The summed E-state index contributed by atoms with van der Waals surface area (Å²) >= 11 is 1.73. The molecule has 27 heavy (non-hydrogen) atoms. The average molecular weight is 399 g/mol. The molecular formula is C19H24F3N3OS. The van der Waals surface area contributed by atoms with Crippen molar-refractivity contribution in [2.75, 3.05) is 19.7 Å². The van der Waals surface area contributed by atoms with Crippen LogP contribution >= 0.6 is 11.3 Å². The largest absolute Gasteiger partial charge is 0.411 e. The van der Waals surface area contributed by atoms with E-state index in [1.54, 1.807) is 23.5 Å². The van der Waals surface area contributed by atoms with Gasteiger partial charge in [-0.25, -0.2) is 4.99 Å². The molecule has 0 bridgehead atoms. The van der Waals surface area contributed by atoms with Crippen molar-refractivity contribution in [2.24, 2.45) is 4.99 Å². The molecule has 0 saturated carbocycles. The maximum atomic E-state index is 12.2. The van der Waals surface area contributed by atoms with Crippen LogP contribution in [0.4, 0.5) is 13.2 Å². The Morgan fingerprint density at radius 2 is 1.96 bits per heavy atom. The molecule has 1 heterocycles. The first kappa shape index (κ1) is 21.2. The third kappa shape index (κ3) is 8.92. The highest BCUT2D eigenvalue weighted by Gasteiger charge is 2.27. The number of nitrogens with zero attached hydrogens (tertiary/aromatic N) is 1. The highest BCUT2D eigenvalue weighted by molar-refractivity contribution is 7.09. The van der Waals surface area contributed by atoms with Crippen LogP contribution in [0.25, 0.3) is 0 Å². The minimum atomic E-state index is -4.31. The fourth-order valence-corrected chi connectivity index (χ4v) is 3.08. The minimum absolute atomic E-state index is 0.0732. The van der Waals surface area contributed by atoms with Crippen molar-refractivity contribution in [3.63, 3.8) is 0 Å². The van der Waals surface area contributed by atoms with E-state index in [9.17, 15) is 13.2 Å². The molecule has 0 spiro atoms. The topological polar surface area (TPSA) is 45.7 Å². The lowest BCUT2D eigenvalue weighted by atomic mass is 10.1. The fraction of sp³-hybridized carbons (Fsp3) is 0.421. The number of hydrogen-bond donors (Lipinski definition) is 2. The lowest BCUT2D eigenvalue weighted by Gasteiger charge is -2.11. The van der Waals surface area contributed by atoms with E-state index in [1.807, 2.05) is 25.1 Å². The smallest absolute Gasteiger partial charge is 0.367 e. The number of hydrogen-bond acceptors (Lipinski definition) is 3. The number of ether oxygens (including phenoxy) is 1. The Hall–Kier alpha value is -2.06. The Labute approximate surface area is 161 Å². The first-order chi connectivity index (χ1) is 13.0. The van der Waals surface area contributed by atoms with Crippen LogP contribution in [0.2, 0.25) is 0 Å². The van der Waals surface area contributed by atoms with Gasteiger partial charge in [-0.1, -0.05) is 30.3 Å². The second-order valence-electron chi connectivity index (χ2n) is 5.88. The van der Waals surface area contributed by atoms with Crippen molar-refractivity contribution in [3.8, 4) is 0 Å². The van der Waals surface area contributed by atoms with E-state index in [2.05, 4.69) is 27.1 Å². The predicted octanol–water partition coefficient (Wildman–Crippen LogP) is 4.12. The monoisotopic (exact) mass is 399 g/mol. The second-order valence-corrected chi connectivity index (χ2v) is 6.91. The number of thiophene rings is 1. The lowest BCUT2D eigenvalue weighted by molar-refractivity contribution is -0.176. The van der Waals surface area contributed by atoms with Crippen LogP contribution in [0.5, 0.6) is 0 Å². The molecule has 0 aliphatic carbocycles. The van der Waals surface area contributed by atoms with Gasteiger partial charge in [0, 0.05) is 18.0 Å². The molecule has 2 N–H and O–H groups in total. The zero-order chi connectivity index (χ0) is 19.5. The van der Waals surface area contributed by atoms with Gasteiger partial charge in [-0.15, -0.1) is 11.3 Å². The molecule has 0 aliphatic heterocycles. The van der Waals surface area contributed by atoms with Crippen molar-refractivity contribution in [1.82, 2.24) is 10.6 Å². The molecule has 2 aromatic rings. The maximum absolute atomic E-state index is 12.2. The Morgan fingerprint density at radius 1 is 1.15 bits per heavy atom. The number of aliphatic imine (C=N–C) groups is 1. The zero-order valence-corrected chi connectivity index (χ0v) is 16.0. The van der Waals surface area contributed by atoms with Crippen molar-refractivity contribution in [1.29, 1.82) is 0 Å². The number of guanidine groups is 1. The van der Waals surface area contributed by atoms with E-state index in [0.717, 1.165) is 25.1 Å². The van der Waals surface area contributed by atoms with Gasteiger partial charge in [0.15, 0.2) is 5.96 Å². The van der Waals surface area contributed by atoms with Crippen molar-refractivity contribution in [3.05, 3.63) is 57.8 Å². The van der Waals surface area contributed by atoms with Gasteiger partial charge in [-0.3, -0.25) is 0 Å². The summed E-state index contributed by atoms with van der Waals surface area (Å²) in [4.78, 5) is 5.85. The summed E-state index contributed by atoms with van der Waals surface area (Å²) in [7, 11) is 0. The summed E-state index contributed by atoms with van der Waals surface area (Å²) in [5.74, 6) is 0.716. The fourth-order valence-electron chi connectivity index (χ4n) is 2.37. The summed E-state index contributed by atoms with van der Waals surface area (Å²) in [5.41, 5.74) is 1.61. The molecule has 0 fully saturated rings. The molecule has 2 rings (SSSR count). The summed E-state index contributed by atoms with van der Waals surface area (Å²) < 4.78 is 41.2. The number of nitrogens with one attached hydrogen (secondary N) is 2. The summed E-state index contributed by atoms with van der Waals surface area (Å²) in [6, 6.07) is 11.4. The van der Waals surface area contributed by atoms with E-state index >= 15 is 0 Å². The first-order valence-electron chi connectivity index (χ1n) is 8.73. The van der Waals surface area contributed by atoms with Crippen LogP contribution in [0.3, 0.4) is 0 Å². The molecule has 1 aromatic heterocycles. The third-order valence-corrected chi connectivity index (χ3v) is 4.47. The van der Waals surface area contributed by atoms with Gasteiger partial charge in [0.1, 0.15) is 6.61 Å². The quantitative estimate of drug-likeness (QED) is 0.492. The molecule has 148 valence electrons. The standard InChI is InChI=1S/C19H24F3N3OS/c1-2-23-18(24-9-8-17-7-4-10-27-17)25-12-15-5-3-6-16(11-15)13-26-14-19(20,21)22/h3-7,10-11H,2,8-9,12-14H2,1H3,(H2,23,24,25). The molecule has 4 nitrogen and oxygen atoms in total.